The number of carbonyl (C=O) groups is 1. The highest BCUT2D eigenvalue weighted by Gasteiger charge is 2.28. The molecule has 2 heterocycles. The van der Waals surface area contributed by atoms with Gasteiger partial charge in [-0.05, 0) is 36.1 Å². The quantitative estimate of drug-likeness (QED) is 0.663. The average molecular weight is 349 g/mol. The topological polar surface area (TPSA) is 68.4 Å². The van der Waals surface area contributed by atoms with Crippen LogP contribution in [0.15, 0.2) is 54.7 Å². The number of fused-ring (bicyclic) bond motifs is 1. The molecule has 4 rings (SSSR count). The van der Waals surface area contributed by atoms with Crippen LogP contribution in [0.5, 0.6) is 5.75 Å². The minimum atomic E-state index is -0.202. The van der Waals surface area contributed by atoms with Gasteiger partial charge in [0.05, 0.1) is 6.04 Å². The Morgan fingerprint density at radius 2 is 1.88 bits per heavy atom. The molecule has 0 aliphatic carbocycles. The van der Waals surface area contributed by atoms with E-state index in [2.05, 4.69) is 16.4 Å². The van der Waals surface area contributed by atoms with Gasteiger partial charge in [0, 0.05) is 36.7 Å². The van der Waals surface area contributed by atoms with E-state index in [1.54, 1.807) is 6.07 Å². The predicted molar refractivity (Wildman–Crippen MR) is 102 cm³/mol. The van der Waals surface area contributed by atoms with Crippen molar-refractivity contribution in [3.63, 3.8) is 0 Å². The fourth-order valence-corrected chi connectivity index (χ4v) is 3.67. The first-order chi connectivity index (χ1) is 12.7. The lowest BCUT2D eigenvalue weighted by Gasteiger charge is -2.33. The molecule has 1 atom stereocenters. The first kappa shape index (κ1) is 16.7. The van der Waals surface area contributed by atoms with Gasteiger partial charge in [-0.2, -0.15) is 0 Å². The van der Waals surface area contributed by atoms with E-state index in [1.807, 2.05) is 47.5 Å². The van der Waals surface area contributed by atoms with Crippen LogP contribution in [0.1, 0.15) is 11.1 Å². The van der Waals surface area contributed by atoms with Gasteiger partial charge in [-0.25, -0.2) is 0 Å². The molecule has 5 nitrogen and oxygen atoms in total. The molecule has 5 heteroatoms. The Morgan fingerprint density at radius 1 is 1.08 bits per heavy atom. The smallest absolute Gasteiger partial charge is 0.240 e. The van der Waals surface area contributed by atoms with Gasteiger partial charge in [0.1, 0.15) is 5.75 Å². The van der Waals surface area contributed by atoms with Gasteiger partial charge in [-0.1, -0.05) is 36.4 Å². The van der Waals surface area contributed by atoms with Gasteiger partial charge < -0.3 is 20.3 Å². The highest BCUT2D eigenvalue weighted by Crippen LogP contribution is 2.21. The maximum atomic E-state index is 12.9. The minimum absolute atomic E-state index is 0.136. The molecule has 3 N–H and O–H groups in total. The van der Waals surface area contributed by atoms with Crippen molar-refractivity contribution in [2.45, 2.75) is 18.9 Å². The van der Waals surface area contributed by atoms with Gasteiger partial charge in [0.25, 0.3) is 0 Å². The van der Waals surface area contributed by atoms with Crippen LogP contribution in [-0.2, 0) is 17.6 Å². The Hall–Kier alpha value is -2.79. The first-order valence-electron chi connectivity index (χ1n) is 9.06. The minimum Gasteiger partial charge on any atom is -0.508 e. The van der Waals surface area contributed by atoms with Crippen LogP contribution >= 0.6 is 0 Å². The summed E-state index contributed by atoms with van der Waals surface area (Å²) >= 11 is 0. The number of aromatic amines is 1. The van der Waals surface area contributed by atoms with Gasteiger partial charge in [0.2, 0.25) is 5.91 Å². The van der Waals surface area contributed by atoms with Crippen LogP contribution in [0.4, 0.5) is 0 Å². The van der Waals surface area contributed by atoms with Crippen molar-refractivity contribution < 1.29 is 9.90 Å². The van der Waals surface area contributed by atoms with E-state index in [-0.39, 0.29) is 11.9 Å². The van der Waals surface area contributed by atoms with E-state index in [0.29, 0.717) is 31.7 Å². The van der Waals surface area contributed by atoms with Gasteiger partial charge in [0.15, 0.2) is 0 Å². The zero-order valence-corrected chi connectivity index (χ0v) is 14.6. The molecule has 1 fully saturated rings. The van der Waals surface area contributed by atoms with E-state index in [4.69, 9.17) is 0 Å². The molecule has 0 saturated carbocycles. The number of nitrogens with one attached hydrogen (secondary N) is 2. The van der Waals surface area contributed by atoms with Crippen LogP contribution in [0, 0.1) is 0 Å². The monoisotopic (exact) mass is 349 g/mol. The van der Waals surface area contributed by atoms with E-state index in [9.17, 15) is 9.90 Å². The van der Waals surface area contributed by atoms with Crippen molar-refractivity contribution in [2.75, 3.05) is 19.6 Å². The Kier molecular flexibility index (Phi) is 4.63. The predicted octanol–water partition coefficient (Wildman–Crippen LogP) is 2.46. The molecule has 3 aromatic rings. The Labute approximate surface area is 152 Å². The van der Waals surface area contributed by atoms with Gasteiger partial charge >= 0.3 is 0 Å². The number of aromatic nitrogens is 1. The molecule has 1 saturated heterocycles. The summed E-state index contributed by atoms with van der Waals surface area (Å²) in [5.41, 5.74) is 3.14. The van der Waals surface area contributed by atoms with E-state index in [0.717, 1.165) is 23.2 Å². The van der Waals surface area contributed by atoms with E-state index in [1.165, 1.54) is 5.39 Å². The number of hydrogen-bond donors (Lipinski definition) is 3. The van der Waals surface area contributed by atoms with Crippen LogP contribution in [0.3, 0.4) is 0 Å². The summed E-state index contributed by atoms with van der Waals surface area (Å²) in [7, 11) is 0. The SMILES string of the molecule is O=C1C(Cc2c[nH]c3ccccc23)NCCN1CCc1ccccc1O. The van der Waals surface area contributed by atoms with Crippen LogP contribution < -0.4 is 5.32 Å². The summed E-state index contributed by atoms with van der Waals surface area (Å²) < 4.78 is 0. The number of H-pyrrole nitrogens is 1. The highest BCUT2D eigenvalue weighted by atomic mass is 16.3. The molecule has 2 aromatic carbocycles. The number of piperazine rings is 1. The summed E-state index contributed by atoms with van der Waals surface area (Å²) in [4.78, 5) is 18.1. The molecular formula is C21H23N3O2. The van der Waals surface area contributed by atoms with E-state index < -0.39 is 0 Å². The highest BCUT2D eigenvalue weighted by molar-refractivity contribution is 5.86. The number of aromatic hydroxyl groups is 1. The summed E-state index contributed by atoms with van der Waals surface area (Å²) in [6, 6.07) is 15.3. The molecule has 0 bridgehead atoms. The molecule has 0 radical (unpaired) electrons. The number of amides is 1. The fraction of sp³-hybridized carbons (Fsp3) is 0.286. The van der Waals surface area contributed by atoms with Crippen LogP contribution in [0.2, 0.25) is 0 Å². The number of carbonyl (C=O) groups excluding carboxylic acids is 1. The third kappa shape index (κ3) is 3.30. The van der Waals surface area contributed by atoms with Gasteiger partial charge in [-0.3, -0.25) is 4.79 Å². The average Bonchev–Trinajstić information content (AvgIpc) is 3.07. The molecule has 1 aromatic heterocycles. The maximum absolute atomic E-state index is 12.9. The van der Waals surface area contributed by atoms with Crippen molar-refractivity contribution in [1.29, 1.82) is 0 Å². The zero-order chi connectivity index (χ0) is 17.9. The number of phenols is 1. The second kappa shape index (κ2) is 7.22. The van der Waals surface area contributed by atoms with Crippen molar-refractivity contribution in [1.82, 2.24) is 15.2 Å². The third-order valence-corrected chi connectivity index (χ3v) is 5.12. The molecule has 26 heavy (non-hydrogen) atoms. The Morgan fingerprint density at radius 3 is 2.77 bits per heavy atom. The van der Waals surface area contributed by atoms with Crippen molar-refractivity contribution in [2.24, 2.45) is 0 Å². The number of rotatable bonds is 5. The lowest BCUT2D eigenvalue weighted by molar-refractivity contribution is -0.135. The Bertz CT molecular complexity index is 918. The zero-order valence-electron chi connectivity index (χ0n) is 14.6. The van der Waals surface area contributed by atoms with Gasteiger partial charge in [-0.15, -0.1) is 0 Å². The molecule has 1 aliphatic heterocycles. The van der Waals surface area contributed by atoms with Crippen molar-refractivity contribution in [3.8, 4) is 5.75 Å². The summed E-state index contributed by atoms with van der Waals surface area (Å²) in [6.45, 7) is 2.12. The van der Waals surface area contributed by atoms with Crippen molar-refractivity contribution >= 4 is 16.8 Å². The first-order valence-corrected chi connectivity index (χ1v) is 9.06. The molecule has 1 aliphatic rings. The maximum Gasteiger partial charge on any atom is 0.240 e. The summed E-state index contributed by atoms with van der Waals surface area (Å²) in [5, 5.41) is 14.4. The third-order valence-electron chi connectivity index (χ3n) is 5.12. The number of para-hydroxylation sites is 2. The number of nitrogens with zero attached hydrogens (tertiary/aromatic N) is 1. The summed E-state index contributed by atoms with van der Waals surface area (Å²) in [6.07, 6.45) is 3.34. The number of hydrogen-bond acceptors (Lipinski definition) is 3. The molecule has 1 amide bonds. The summed E-state index contributed by atoms with van der Waals surface area (Å²) in [5.74, 6) is 0.433. The van der Waals surface area contributed by atoms with E-state index >= 15 is 0 Å². The van der Waals surface area contributed by atoms with Crippen LogP contribution in [0.25, 0.3) is 10.9 Å². The second-order valence-corrected chi connectivity index (χ2v) is 6.77. The standard InChI is InChI=1S/C21H23N3O2/c25-20-8-4-1-5-15(20)9-11-24-12-10-22-19(21(24)26)13-16-14-23-18-7-3-2-6-17(16)18/h1-8,14,19,22-23,25H,9-13H2. The van der Waals surface area contributed by atoms with Crippen LogP contribution in [-0.4, -0.2) is 46.6 Å². The van der Waals surface area contributed by atoms with Crippen molar-refractivity contribution in [3.05, 3.63) is 65.9 Å². The lowest BCUT2D eigenvalue weighted by atomic mass is 10.0. The normalized spacial score (nSPS) is 17.8. The lowest BCUT2D eigenvalue weighted by Crippen LogP contribution is -2.56. The molecule has 1 unspecified atom stereocenters. The number of benzene rings is 2. The molecular weight excluding hydrogens is 326 g/mol. The molecule has 134 valence electrons. The number of phenolic OH excluding ortho intramolecular Hbond substituents is 1. The molecule has 0 spiro atoms. The fourth-order valence-electron chi connectivity index (χ4n) is 3.67. The second-order valence-electron chi connectivity index (χ2n) is 6.77. The largest absolute Gasteiger partial charge is 0.508 e. The Balaban J connectivity index is 1.43.